The molecule has 1 saturated heterocycles. The van der Waals surface area contributed by atoms with Crippen LogP contribution in [0, 0.1) is 0 Å². The molecule has 25 heavy (non-hydrogen) atoms. The summed E-state index contributed by atoms with van der Waals surface area (Å²) >= 11 is 0. The molecular formula is C20H22O5. The van der Waals surface area contributed by atoms with Gasteiger partial charge in [0.25, 0.3) is 0 Å². The van der Waals surface area contributed by atoms with Gasteiger partial charge >= 0.3 is 0 Å². The number of rotatable bonds is 6. The lowest BCUT2D eigenvalue weighted by Crippen LogP contribution is -2.55. The van der Waals surface area contributed by atoms with E-state index in [4.69, 9.17) is 14.2 Å². The van der Waals surface area contributed by atoms with E-state index in [0.717, 1.165) is 11.1 Å². The number of ether oxygens (including phenoxy) is 3. The first-order valence-electron chi connectivity index (χ1n) is 8.57. The highest BCUT2D eigenvalue weighted by molar-refractivity contribution is 5.16. The molecule has 1 aliphatic heterocycles. The van der Waals surface area contributed by atoms with Crippen molar-refractivity contribution < 1.29 is 24.4 Å². The van der Waals surface area contributed by atoms with Crippen LogP contribution < -0.4 is 0 Å². The molecule has 2 aromatic rings. The molecule has 0 amide bonds. The summed E-state index contributed by atoms with van der Waals surface area (Å²) in [5.41, 5.74) is 2.03. The average molecular weight is 342 g/mol. The van der Waals surface area contributed by atoms with Crippen LogP contribution in [0.4, 0.5) is 0 Å². The molecule has 132 valence electrons. The number of hydrogen-bond acceptors (Lipinski definition) is 5. The van der Waals surface area contributed by atoms with Crippen molar-refractivity contribution >= 4 is 0 Å². The summed E-state index contributed by atoms with van der Waals surface area (Å²) in [6.07, 6.45) is -3.62. The zero-order valence-electron chi connectivity index (χ0n) is 13.8. The fourth-order valence-corrected chi connectivity index (χ4v) is 3.36. The van der Waals surface area contributed by atoms with Gasteiger partial charge < -0.3 is 24.4 Å². The van der Waals surface area contributed by atoms with E-state index < -0.39 is 24.4 Å². The lowest BCUT2D eigenvalue weighted by molar-refractivity contribution is -0.160. The highest BCUT2D eigenvalue weighted by Gasteiger charge is 2.61. The first-order chi connectivity index (χ1) is 12.2. The summed E-state index contributed by atoms with van der Waals surface area (Å²) in [4.78, 5) is 0. The quantitative estimate of drug-likeness (QED) is 0.781. The van der Waals surface area contributed by atoms with Crippen LogP contribution >= 0.6 is 0 Å². The van der Waals surface area contributed by atoms with Gasteiger partial charge in [0.15, 0.2) is 0 Å². The summed E-state index contributed by atoms with van der Waals surface area (Å²) in [5.74, 6) is 0. The molecule has 6 atom stereocenters. The number of epoxide rings is 1. The van der Waals surface area contributed by atoms with Gasteiger partial charge in [0, 0.05) is 0 Å². The van der Waals surface area contributed by atoms with Crippen molar-refractivity contribution in [2.24, 2.45) is 0 Å². The highest BCUT2D eigenvalue weighted by Crippen LogP contribution is 2.41. The van der Waals surface area contributed by atoms with Crippen LogP contribution in [-0.2, 0) is 27.4 Å². The van der Waals surface area contributed by atoms with Crippen LogP contribution in [0.15, 0.2) is 60.7 Å². The second kappa shape index (κ2) is 7.23. The Hall–Kier alpha value is -1.76. The highest BCUT2D eigenvalue weighted by atomic mass is 16.7. The van der Waals surface area contributed by atoms with Crippen LogP contribution in [-0.4, -0.2) is 46.8 Å². The molecule has 2 N–H and O–H groups in total. The monoisotopic (exact) mass is 342 g/mol. The minimum Gasteiger partial charge on any atom is -0.387 e. The van der Waals surface area contributed by atoms with E-state index in [9.17, 15) is 10.2 Å². The predicted octanol–water partition coefficient (Wildman–Crippen LogP) is 1.66. The third-order valence-corrected chi connectivity index (χ3v) is 4.80. The Morgan fingerprint density at radius 3 is 1.48 bits per heavy atom. The van der Waals surface area contributed by atoms with Gasteiger partial charge in [0.2, 0.25) is 0 Å². The number of aliphatic hydroxyl groups excluding tert-OH is 2. The Bertz CT molecular complexity index is 618. The molecular weight excluding hydrogens is 320 g/mol. The van der Waals surface area contributed by atoms with Gasteiger partial charge in [-0.05, 0) is 11.1 Å². The summed E-state index contributed by atoms with van der Waals surface area (Å²) in [6.45, 7) is 0.745. The first-order valence-corrected chi connectivity index (χ1v) is 8.57. The Kier molecular flexibility index (Phi) is 4.83. The van der Waals surface area contributed by atoms with Gasteiger partial charge in [0.05, 0.1) is 13.2 Å². The standard InChI is InChI=1S/C20H22O5/c21-15-16(22)18(24-12-14-9-5-2-6-10-14)20-19(25-20)17(15)23-11-13-7-3-1-4-8-13/h1-10,15-22H,11-12H2/t15-,16-,17+,18+,19-,20+/m1/s1. The third-order valence-electron chi connectivity index (χ3n) is 4.80. The van der Waals surface area contributed by atoms with Gasteiger partial charge in [-0.2, -0.15) is 0 Å². The zero-order valence-corrected chi connectivity index (χ0v) is 13.8. The van der Waals surface area contributed by atoms with Crippen molar-refractivity contribution in [3.05, 3.63) is 71.8 Å². The largest absolute Gasteiger partial charge is 0.387 e. The maximum atomic E-state index is 10.4. The van der Waals surface area contributed by atoms with Crippen LogP contribution in [0.2, 0.25) is 0 Å². The van der Waals surface area contributed by atoms with E-state index in [-0.39, 0.29) is 12.2 Å². The van der Waals surface area contributed by atoms with Crippen molar-refractivity contribution in [2.75, 3.05) is 0 Å². The lowest BCUT2D eigenvalue weighted by Gasteiger charge is -2.34. The molecule has 0 bridgehead atoms. The Labute approximate surface area is 146 Å². The molecule has 5 heteroatoms. The maximum absolute atomic E-state index is 10.4. The van der Waals surface area contributed by atoms with E-state index in [1.165, 1.54) is 0 Å². The van der Waals surface area contributed by atoms with Crippen molar-refractivity contribution in [2.45, 2.75) is 49.8 Å². The molecule has 0 aromatic heterocycles. The molecule has 4 rings (SSSR count). The van der Waals surface area contributed by atoms with Crippen LogP contribution in [0.3, 0.4) is 0 Å². The minimum atomic E-state index is -1.03. The van der Waals surface area contributed by atoms with Gasteiger partial charge in [-0.3, -0.25) is 0 Å². The topological polar surface area (TPSA) is 71.5 Å². The van der Waals surface area contributed by atoms with Crippen molar-refractivity contribution in [1.82, 2.24) is 0 Å². The van der Waals surface area contributed by atoms with E-state index in [0.29, 0.717) is 13.2 Å². The fraction of sp³-hybridized carbons (Fsp3) is 0.400. The van der Waals surface area contributed by atoms with Gasteiger partial charge in [0.1, 0.15) is 36.6 Å². The van der Waals surface area contributed by atoms with Crippen LogP contribution in [0.5, 0.6) is 0 Å². The van der Waals surface area contributed by atoms with E-state index in [1.807, 2.05) is 60.7 Å². The molecule has 1 aliphatic carbocycles. The number of aliphatic hydroxyl groups is 2. The Balaban J connectivity index is 1.35. The number of fused-ring (bicyclic) bond motifs is 1. The molecule has 2 aliphatic rings. The van der Waals surface area contributed by atoms with E-state index in [1.54, 1.807) is 0 Å². The van der Waals surface area contributed by atoms with E-state index >= 15 is 0 Å². The molecule has 0 unspecified atom stereocenters. The Morgan fingerprint density at radius 2 is 1.08 bits per heavy atom. The lowest BCUT2D eigenvalue weighted by atomic mass is 9.89. The SMILES string of the molecule is O[C@@H]1[C@@H](O)[C@H](OCc2ccccc2)[C@H]2O[C@H]2[C@H]1OCc1ccccc1. The summed E-state index contributed by atoms with van der Waals surface area (Å²) in [7, 11) is 0. The van der Waals surface area contributed by atoms with Gasteiger partial charge in [-0.25, -0.2) is 0 Å². The van der Waals surface area contributed by atoms with Gasteiger partial charge in [-0.15, -0.1) is 0 Å². The summed E-state index contributed by atoms with van der Waals surface area (Å²) in [6, 6.07) is 19.5. The normalized spacial score (nSPS) is 33.7. The third kappa shape index (κ3) is 3.61. The molecule has 1 heterocycles. The molecule has 0 radical (unpaired) electrons. The predicted molar refractivity (Wildman–Crippen MR) is 90.7 cm³/mol. The van der Waals surface area contributed by atoms with Crippen molar-refractivity contribution in [3.63, 3.8) is 0 Å². The molecule has 2 aromatic carbocycles. The zero-order chi connectivity index (χ0) is 17.2. The first kappa shape index (κ1) is 16.7. The maximum Gasteiger partial charge on any atom is 0.116 e. The minimum absolute atomic E-state index is 0.233. The molecule has 1 saturated carbocycles. The Morgan fingerprint density at radius 1 is 0.680 bits per heavy atom. The van der Waals surface area contributed by atoms with E-state index in [2.05, 4.69) is 0 Å². The summed E-state index contributed by atoms with van der Waals surface area (Å²) < 4.78 is 17.3. The molecule has 0 spiro atoms. The smallest absolute Gasteiger partial charge is 0.116 e. The number of benzene rings is 2. The average Bonchev–Trinajstić information content (AvgIpc) is 3.44. The number of hydrogen-bond donors (Lipinski definition) is 2. The van der Waals surface area contributed by atoms with Crippen molar-refractivity contribution in [3.8, 4) is 0 Å². The van der Waals surface area contributed by atoms with Crippen LogP contribution in [0.25, 0.3) is 0 Å². The second-order valence-electron chi connectivity index (χ2n) is 6.57. The molecule has 5 nitrogen and oxygen atoms in total. The second-order valence-corrected chi connectivity index (χ2v) is 6.57. The van der Waals surface area contributed by atoms with Crippen LogP contribution in [0.1, 0.15) is 11.1 Å². The molecule has 2 fully saturated rings. The van der Waals surface area contributed by atoms with Gasteiger partial charge in [-0.1, -0.05) is 60.7 Å². The fourth-order valence-electron chi connectivity index (χ4n) is 3.36. The van der Waals surface area contributed by atoms with Crippen molar-refractivity contribution in [1.29, 1.82) is 0 Å². The summed E-state index contributed by atoms with van der Waals surface area (Å²) in [5, 5.41) is 20.9.